The standard InChI is InChI=1S/C17H19N5O2S/c1-21-16(22-7-9-23-10-8-22)19-20-17(21)25-12-15-18-11-14(24-15)13-5-3-2-4-6-13/h2-6,11H,7-10,12H2,1H3. The molecule has 0 atom stereocenters. The van der Waals surface area contributed by atoms with E-state index in [2.05, 4.69) is 20.1 Å². The Balaban J connectivity index is 1.42. The molecule has 1 fully saturated rings. The number of rotatable bonds is 5. The van der Waals surface area contributed by atoms with E-state index in [0.717, 1.165) is 48.7 Å². The van der Waals surface area contributed by atoms with E-state index < -0.39 is 0 Å². The van der Waals surface area contributed by atoms with Gasteiger partial charge in [0.05, 0.1) is 25.2 Å². The van der Waals surface area contributed by atoms with Gasteiger partial charge in [0.15, 0.2) is 10.9 Å². The summed E-state index contributed by atoms with van der Waals surface area (Å²) in [6.45, 7) is 3.15. The molecule has 0 N–H and O–H groups in total. The molecule has 1 saturated heterocycles. The van der Waals surface area contributed by atoms with Gasteiger partial charge in [-0.2, -0.15) is 0 Å². The lowest BCUT2D eigenvalue weighted by atomic mass is 10.2. The average Bonchev–Trinajstić information content (AvgIpc) is 3.28. The number of ether oxygens (including phenoxy) is 1. The molecule has 7 nitrogen and oxygen atoms in total. The fourth-order valence-electron chi connectivity index (χ4n) is 2.71. The van der Waals surface area contributed by atoms with Gasteiger partial charge in [-0.15, -0.1) is 10.2 Å². The lowest BCUT2D eigenvalue weighted by Gasteiger charge is -2.27. The van der Waals surface area contributed by atoms with Crippen molar-refractivity contribution in [3.63, 3.8) is 0 Å². The summed E-state index contributed by atoms with van der Waals surface area (Å²) < 4.78 is 13.2. The number of nitrogens with zero attached hydrogens (tertiary/aromatic N) is 5. The summed E-state index contributed by atoms with van der Waals surface area (Å²) in [5, 5.41) is 9.46. The van der Waals surface area contributed by atoms with Crippen molar-refractivity contribution in [2.75, 3.05) is 31.2 Å². The molecule has 1 aliphatic heterocycles. The van der Waals surface area contributed by atoms with E-state index in [4.69, 9.17) is 9.15 Å². The van der Waals surface area contributed by atoms with Gasteiger partial charge in [0.25, 0.3) is 0 Å². The lowest BCUT2D eigenvalue weighted by molar-refractivity contribution is 0.121. The van der Waals surface area contributed by atoms with Crippen molar-refractivity contribution >= 4 is 17.7 Å². The van der Waals surface area contributed by atoms with E-state index in [1.54, 1.807) is 18.0 Å². The van der Waals surface area contributed by atoms with Crippen molar-refractivity contribution < 1.29 is 9.15 Å². The molecule has 1 aliphatic rings. The summed E-state index contributed by atoms with van der Waals surface area (Å²) in [7, 11) is 1.98. The third-order valence-corrected chi connectivity index (χ3v) is 5.05. The van der Waals surface area contributed by atoms with Crippen molar-refractivity contribution in [1.82, 2.24) is 19.7 Å². The summed E-state index contributed by atoms with van der Waals surface area (Å²) in [6, 6.07) is 9.97. The van der Waals surface area contributed by atoms with Crippen molar-refractivity contribution in [1.29, 1.82) is 0 Å². The largest absolute Gasteiger partial charge is 0.440 e. The Morgan fingerprint density at radius 2 is 1.92 bits per heavy atom. The van der Waals surface area contributed by atoms with E-state index >= 15 is 0 Å². The Bertz CT molecular complexity index is 827. The predicted molar refractivity (Wildman–Crippen MR) is 95.5 cm³/mol. The van der Waals surface area contributed by atoms with E-state index in [9.17, 15) is 0 Å². The van der Waals surface area contributed by atoms with E-state index in [1.807, 2.05) is 41.9 Å². The molecule has 0 bridgehead atoms. The molecule has 3 aromatic rings. The van der Waals surface area contributed by atoms with Gasteiger partial charge in [-0.05, 0) is 0 Å². The highest BCUT2D eigenvalue weighted by Gasteiger charge is 2.19. The number of hydrogen-bond acceptors (Lipinski definition) is 7. The van der Waals surface area contributed by atoms with Gasteiger partial charge in [0.2, 0.25) is 11.8 Å². The lowest BCUT2D eigenvalue weighted by Crippen LogP contribution is -2.37. The van der Waals surface area contributed by atoms with Crippen LogP contribution in [0.15, 0.2) is 46.1 Å². The second-order valence-electron chi connectivity index (χ2n) is 5.71. The van der Waals surface area contributed by atoms with E-state index in [-0.39, 0.29) is 0 Å². The summed E-state index contributed by atoms with van der Waals surface area (Å²) in [4.78, 5) is 6.56. The summed E-state index contributed by atoms with van der Waals surface area (Å²) in [6.07, 6.45) is 1.76. The minimum absolute atomic E-state index is 0.613. The summed E-state index contributed by atoms with van der Waals surface area (Å²) in [5.74, 6) is 2.95. The Labute approximate surface area is 150 Å². The second-order valence-corrected chi connectivity index (χ2v) is 6.66. The maximum absolute atomic E-state index is 5.84. The zero-order valence-corrected chi connectivity index (χ0v) is 14.8. The highest BCUT2D eigenvalue weighted by Crippen LogP contribution is 2.26. The van der Waals surface area contributed by atoms with Crippen LogP contribution in [-0.4, -0.2) is 46.1 Å². The van der Waals surface area contributed by atoms with Gasteiger partial charge in [-0.3, -0.25) is 4.57 Å². The first-order valence-electron chi connectivity index (χ1n) is 8.16. The number of anilines is 1. The molecule has 3 heterocycles. The topological polar surface area (TPSA) is 69.2 Å². The first-order chi connectivity index (χ1) is 12.3. The molecule has 2 aromatic heterocycles. The van der Waals surface area contributed by atoms with Crippen LogP contribution in [0.5, 0.6) is 0 Å². The van der Waals surface area contributed by atoms with Crippen LogP contribution in [0.4, 0.5) is 5.95 Å². The zero-order valence-electron chi connectivity index (χ0n) is 14.0. The molecule has 0 aliphatic carbocycles. The van der Waals surface area contributed by atoms with Gasteiger partial charge in [0, 0.05) is 25.7 Å². The molecule has 8 heteroatoms. The minimum atomic E-state index is 0.613. The van der Waals surface area contributed by atoms with Crippen molar-refractivity contribution in [3.05, 3.63) is 42.4 Å². The van der Waals surface area contributed by atoms with Crippen LogP contribution < -0.4 is 4.90 Å². The first-order valence-corrected chi connectivity index (χ1v) is 9.15. The van der Waals surface area contributed by atoms with Gasteiger partial charge in [-0.25, -0.2) is 4.98 Å². The molecular formula is C17H19N5O2S. The molecular weight excluding hydrogens is 338 g/mol. The van der Waals surface area contributed by atoms with Crippen molar-refractivity contribution in [2.45, 2.75) is 10.9 Å². The number of aromatic nitrogens is 4. The zero-order chi connectivity index (χ0) is 17.1. The SMILES string of the molecule is Cn1c(SCc2ncc(-c3ccccc3)o2)nnc1N1CCOCC1. The Morgan fingerprint density at radius 3 is 2.72 bits per heavy atom. The average molecular weight is 357 g/mol. The predicted octanol–water partition coefficient (Wildman–Crippen LogP) is 2.60. The van der Waals surface area contributed by atoms with Gasteiger partial charge >= 0.3 is 0 Å². The third kappa shape index (κ3) is 3.54. The number of hydrogen-bond donors (Lipinski definition) is 0. The number of thioether (sulfide) groups is 1. The molecule has 1 aromatic carbocycles. The van der Waals surface area contributed by atoms with Crippen LogP contribution in [-0.2, 0) is 17.5 Å². The molecule has 0 radical (unpaired) electrons. The Kier molecular flexibility index (Phi) is 4.71. The molecule has 0 amide bonds. The maximum atomic E-state index is 5.84. The van der Waals surface area contributed by atoms with Crippen LogP contribution in [0.2, 0.25) is 0 Å². The fraction of sp³-hybridized carbons (Fsp3) is 0.353. The molecule has 0 unspecified atom stereocenters. The van der Waals surface area contributed by atoms with E-state index in [1.165, 1.54) is 0 Å². The maximum Gasteiger partial charge on any atom is 0.227 e. The van der Waals surface area contributed by atoms with Gasteiger partial charge < -0.3 is 14.1 Å². The van der Waals surface area contributed by atoms with Crippen LogP contribution >= 0.6 is 11.8 Å². The monoisotopic (exact) mass is 357 g/mol. The quantitative estimate of drug-likeness (QED) is 0.650. The molecule has 0 spiro atoms. The van der Waals surface area contributed by atoms with Crippen LogP contribution in [0.25, 0.3) is 11.3 Å². The van der Waals surface area contributed by atoms with Crippen molar-refractivity contribution in [3.8, 4) is 11.3 Å². The highest BCUT2D eigenvalue weighted by molar-refractivity contribution is 7.98. The normalized spacial score (nSPS) is 14.8. The highest BCUT2D eigenvalue weighted by atomic mass is 32.2. The van der Waals surface area contributed by atoms with Crippen LogP contribution in [0.3, 0.4) is 0 Å². The number of morpholine rings is 1. The van der Waals surface area contributed by atoms with Crippen molar-refractivity contribution in [2.24, 2.45) is 7.05 Å². The molecule has 130 valence electrons. The summed E-state index contributed by atoms with van der Waals surface area (Å²) in [5.41, 5.74) is 1.03. The fourth-order valence-corrected chi connectivity index (χ4v) is 3.47. The molecule has 25 heavy (non-hydrogen) atoms. The van der Waals surface area contributed by atoms with Gasteiger partial charge in [0.1, 0.15) is 0 Å². The number of benzene rings is 1. The number of oxazole rings is 1. The first kappa shape index (κ1) is 16.2. The second kappa shape index (κ2) is 7.28. The molecule has 4 rings (SSSR count). The van der Waals surface area contributed by atoms with E-state index in [0.29, 0.717) is 11.6 Å². The summed E-state index contributed by atoms with van der Waals surface area (Å²) >= 11 is 1.57. The van der Waals surface area contributed by atoms with Crippen LogP contribution in [0, 0.1) is 0 Å². The Morgan fingerprint density at radius 1 is 1.12 bits per heavy atom. The van der Waals surface area contributed by atoms with Gasteiger partial charge in [-0.1, -0.05) is 42.1 Å². The minimum Gasteiger partial charge on any atom is -0.440 e. The van der Waals surface area contributed by atoms with Crippen LogP contribution in [0.1, 0.15) is 5.89 Å². The Hall–Kier alpha value is -2.32. The smallest absolute Gasteiger partial charge is 0.227 e. The third-order valence-electron chi connectivity index (χ3n) is 4.04. The molecule has 0 saturated carbocycles.